The standard InChI is InChI=1S/C25H35ClN6O3S/c1-29(2)36(34,35)23-5-3-4-22(26)21(23)18-31-12-14-32(15-13-31)25(33)20-7-10-30(11-8-20)17-19-6-9-28-24(27)16-19/h3-6,9,16,20H,7-8,10-15,17-18H2,1-2H3,(H2,27,28). The van der Waals surface area contributed by atoms with Gasteiger partial charge in [0.15, 0.2) is 0 Å². The van der Waals surface area contributed by atoms with Crippen LogP contribution in [0.25, 0.3) is 0 Å². The molecule has 2 aliphatic heterocycles. The summed E-state index contributed by atoms with van der Waals surface area (Å²) in [7, 11) is -0.566. The van der Waals surface area contributed by atoms with Crippen molar-refractivity contribution in [1.29, 1.82) is 0 Å². The first-order chi connectivity index (χ1) is 17.1. The Hall–Kier alpha value is -2.24. The molecule has 2 N–H and O–H groups in total. The molecule has 0 radical (unpaired) electrons. The average Bonchev–Trinajstić information content (AvgIpc) is 2.85. The minimum atomic E-state index is -3.60. The lowest BCUT2D eigenvalue weighted by Crippen LogP contribution is -2.51. The number of hydrogen-bond acceptors (Lipinski definition) is 7. The Morgan fingerprint density at radius 2 is 1.72 bits per heavy atom. The molecule has 4 rings (SSSR count). The number of benzene rings is 1. The van der Waals surface area contributed by atoms with E-state index in [9.17, 15) is 13.2 Å². The van der Waals surface area contributed by atoms with Crippen LogP contribution in [-0.4, -0.2) is 91.7 Å². The first-order valence-electron chi connectivity index (χ1n) is 12.3. The molecule has 0 saturated carbocycles. The van der Waals surface area contributed by atoms with E-state index in [0.29, 0.717) is 49.1 Å². The van der Waals surface area contributed by atoms with Crippen LogP contribution in [0, 0.1) is 5.92 Å². The van der Waals surface area contributed by atoms with E-state index in [1.54, 1.807) is 24.4 Å². The molecule has 0 aliphatic carbocycles. The number of sulfonamides is 1. The fourth-order valence-electron chi connectivity index (χ4n) is 4.93. The highest BCUT2D eigenvalue weighted by Gasteiger charge is 2.31. The molecule has 36 heavy (non-hydrogen) atoms. The van der Waals surface area contributed by atoms with Crippen molar-refractivity contribution in [3.63, 3.8) is 0 Å². The summed E-state index contributed by atoms with van der Waals surface area (Å²) in [6, 6.07) is 8.87. The highest BCUT2D eigenvalue weighted by atomic mass is 35.5. The Kier molecular flexibility index (Phi) is 8.52. The molecule has 0 atom stereocenters. The molecule has 0 unspecified atom stereocenters. The van der Waals surface area contributed by atoms with Crippen LogP contribution in [0.15, 0.2) is 41.4 Å². The van der Waals surface area contributed by atoms with Gasteiger partial charge in [0.05, 0.1) is 4.90 Å². The molecule has 2 aromatic rings. The third-order valence-electron chi connectivity index (χ3n) is 7.09. The number of carbonyl (C=O) groups excluding carboxylic acids is 1. The third-order valence-corrected chi connectivity index (χ3v) is 9.34. The van der Waals surface area contributed by atoms with Crippen molar-refractivity contribution in [3.8, 4) is 0 Å². The normalized spacial score (nSPS) is 18.6. The summed E-state index contributed by atoms with van der Waals surface area (Å²) < 4.78 is 26.8. The largest absolute Gasteiger partial charge is 0.384 e. The molecule has 2 fully saturated rings. The zero-order chi connectivity index (χ0) is 25.9. The summed E-state index contributed by atoms with van der Waals surface area (Å²) in [6.07, 6.45) is 3.43. The second kappa shape index (κ2) is 11.4. The van der Waals surface area contributed by atoms with Crippen molar-refractivity contribution in [2.75, 3.05) is 59.1 Å². The Labute approximate surface area is 218 Å². The maximum atomic E-state index is 13.2. The fraction of sp³-hybridized carbons (Fsp3) is 0.520. The summed E-state index contributed by atoms with van der Waals surface area (Å²) in [4.78, 5) is 24.0. The molecule has 2 saturated heterocycles. The Balaban J connectivity index is 1.29. The molecule has 0 bridgehead atoms. The summed E-state index contributed by atoms with van der Waals surface area (Å²) in [5.74, 6) is 0.813. The number of carbonyl (C=O) groups is 1. The predicted molar refractivity (Wildman–Crippen MR) is 141 cm³/mol. The van der Waals surface area contributed by atoms with E-state index >= 15 is 0 Å². The van der Waals surface area contributed by atoms with Gasteiger partial charge in [0.1, 0.15) is 5.82 Å². The van der Waals surface area contributed by atoms with Crippen LogP contribution < -0.4 is 5.73 Å². The predicted octanol–water partition coefficient (Wildman–Crippen LogP) is 2.12. The molecular formula is C25H35ClN6O3S. The molecule has 11 heteroatoms. The van der Waals surface area contributed by atoms with E-state index in [1.165, 1.54) is 18.4 Å². The lowest BCUT2D eigenvalue weighted by Gasteiger charge is -2.38. The summed E-state index contributed by atoms with van der Waals surface area (Å²) >= 11 is 6.42. The second-order valence-corrected chi connectivity index (χ2v) is 12.3. The molecule has 3 heterocycles. The van der Waals surface area contributed by atoms with Gasteiger partial charge in [-0.25, -0.2) is 17.7 Å². The maximum Gasteiger partial charge on any atom is 0.242 e. The van der Waals surface area contributed by atoms with Crippen molar-refractivity contribution in [2.24, 2.45) is 5.92 Å². The first-order valence-corrected chi connectivity index (χ1v) is 14.1. The highest BCUT2D eigenvalue weighted by Crippen LogP contribution is 2.28. The van der Waals surface area contributed by atoms with Crippen LogP contribution in [0.4, 0.5) is 5.82 Å². The highest BCUT2D eigenvalue weighted by molar-refractivity contribution is 7.89. The lowest BCUT2D eigenvalue weighted by atomic mass is 9.94. The molecular weight excluding hydrogens is 500 g/mol. The number of nitrogen functional groups attached to an aromatic ring is 1. The van der Waals surface area contributed by atoms with E-state index in [2.05, 4.69) is 14.8 Å². The van der Waals surface area contributed by atoms with E-state index < -0.39 is 10.0 Å². The van der Waals surface area contributed by atoms with Gasteiger partial charge < -0.3 is 10.6 Å². The van der Waals surface area contributed by atoms with Gasteiger partial charge in [-0.2, -0.15) is 0 Å². The summed E-state index contributed by atoms with van der Waals surface area (Å²) in [5, 5.41) is 0.442. The average molecular weight is 535 g/mol. The Morgan fingerprint density at radius 3 is 2.36 bits per heavy atom. The topological polar surface area (TPSA) is 103 Å². The molecule has 9 nitrogen and oxygen atoms in total. The van der Waals surface area contributed by atoms with Crippen LogP contribution >= 0.6 is 11.6 Å². The van der Waals surface area contributed by atoms with Crippen LogP contribution in [0.5, 0.6) is 0 Å². The van der Waals surface area contributed by atoms with Gasteiger partial charge >= 0.3 is 0 Å². The number of piperazine rings is 1. The number of amides is 1. The number of aromatic nitrogens is 1. The molecule has 1 aromatic carbocycles. The first kappa shape index (κ1) is 26.8. The van der Waals surface area contributed by atoms with Crippen LogP contribution in [0.1, 0.15) is 24.0 Å². The molecule has 1 aromatic heterocycles. The smallest absolute Gasteiger partial charge is 0.242 e. The van der Waals surface area contributed by atoms with Crippen molar-refractivity contribution >= 4 is 33.3 Å². The van der Waals surface area contributed by atoms with Crippen molar-refractivity contribution < 1.29 is 13.2 Å². The number of piperidine rings is 1. The van der Waals surface area contributed by atoms with Gasteiger partial charge in [-0.05, 0) is 55.8 Å². The van der Waals surface area contributed by atoms with Gasteiger partial charge in [0.2, 0.25) is 15.9 Å². The fourth-order valence-corrected chi connectivity index (χ4v) is 6.35. The number of hydrogen-bond donors (Lipinski definition) is 1. The molecule has 2 aliphatic rings. The quantitative estimate of drug-likeness (QED) is 0.580. The molecule has 196 valence electrons. The SMILES string of the molecule is CN(C)S(=O)(=O)c1cccc(Cl)c1CN1CCN(C(=O)C2CCN(Cc3ccnc(N)c3)CC2)CC1. The summed E-state index contributed by atoms with van der Waals surface area (Å²) in [5.41, 5.74) is 7.54. The number of likely N-dealkylation sites (tertiary alicyclic amines) is 1. The van der Waals surface area contributed by atoms with Crippen LogP contribution in [0.2, 0.25) is 5.02 Å². The number of nitrogens with zero attached hydrogens (tertiary/aromatic N) is 5. The molecule has 1 amide bonds. The Morgan fingerprint density at radius 1 is 1.06 bits per heavy atom. The zero-order valence-electron chi connectivity index (χ0n) is 20.9. The number of halogens is 1. The van der Waals surface area contributed by atoms with Gasteiger partial charge in [0, 0.05) is 76.1 Å². The number of rotatable bonds is 7. The van der Waals surface area contributed by atoms with Crippen LogP contribution in [0.3, 0.4) is 0 Å². The number of anilines is 1. The maximum absolute atomic E-state index is 13.2. The second-order valence-electron chi connectivity index (χ2n) is 9.74. The van der Waals surface area contributed by atoms with Crippen molar-refractivity contribution in [3.05, 3.63) is 52.7 Å². The van der Waals surface area contributed by atoms with Crippen molar-refractivity contribution in [1.82, 2.24) is 24.0 Å². The van der Waals surface area contributed by atoms with Crippen molar-refractivity contribution in [2.45, 2.75) is 30.8 Å². The zero-order valence-corrected chi connectivity index (χ0v) is 22.5. The third kappa shape index (κ3) is 6.18. The monoisotopic (exact) mass is 534 g/mol. The van der Waals surface area contributed by atoms with Gasteiger partial charge in [-0.3, -0.25) is 14.6 Å². The lowest BCUT2D eigenvalue weighted by molar-refractivity contribution is -0.139. The summed E-state index contributed by atoms with van der Waals surface area (Å²) in [6.45, 7) is 5.65. The van der Waals surface area contributed by atoms with Crippen LogP contribution in [-0.2, 0) is 27.9 Å². The number of nitrogens with two attached hydrogens (primary N) is 1. The van der Waals surface area contributed by atoms with E-state index in [0.717, 1.165) is 38.0 Å². The minimum Gasteiger partial charge on any atom is -0.384 e. The van der Waals surface area contributed by atoms with E-state index in [-0.39, 0.29) is 16.7 Å². The number of pyridine rings is 1. The van der Waals surface area contributed by atoms with E-state index in [4.69, 9.17) is 17.3 Å². The van der Waals surface area contributed by atoms with Gasteiger partial charge in [0.25, 0.3) is 0 Å². The van der Waals surface area contributed by atoms with E-state index in [1.807, 2.05) is 17.0 Å². The van der Waals surface area contributed by atoms with Gasteiger partial charge in [-0.1, -0.05) is 17.7 Å². The molecule has 0 spiro atoms. The Bertz CT molecular complexity index is 1180. The van der Waals surface area contributed by atoms with Gasteiger partial charge in [-0.15, -0.1) is 0 Å². The minimum absolute atomic E-state index is 0.0516.